The number of H-pyrrole nitrogens is 1. The van der Waals surface area contributed by atoms with Crippen LogP contribution < -0.4 is 10.9 Å². The van der Waals surface area contributed by atoms with E-state index in [4.69, 9.17) is 4.42 Å². The second-order valence-corrected chi connectivity index (χ2v) is 7.00. The topological polar surface area (TPSA) is 105 Å². The SMILES string of the molecule is O=C(CSc1n[nH]c(=O)c2cc(-c3ccco3)nn12)Nc1cccc(C(F)(F)F)c1. The van der Waals surface area contributed by atoms with Crippen LogP contribution in [0.15, 0.2) is 63.1 Å². The van der Waals surface area contributed by atoms with Gasteiger partial charge in [-0.3, -0.25) is 9.59 Å². The fourth-order valence-electron chi connectivity index (χ4n) is 2.63. The second kappa shape index (κ2) is 7.71. The number of alkyl halides is 3. The van der Waals surface area contributed by atoms with Crippen molar-refractivity contribution in [3.8, 4) is 11.5 Å². The smallest absolute Gasteiger partial charge is 0.416 e. The number of fused-ring (bicyclic) bond motifs is 1. The molecule has 0 spiro atoms. The fraction of sp³-hybridized carbons (Fsp3) is 0.111. The number of thioether (sulfide) groups is 1. The molecule has 0 fully saturated rings. The van der Waals surface area contributed by atoms with E-state index >= 15 is 0 Å². The Hall–Kier alpha value is -3.54. The van der Waals surface area contributed by atoms with Gasteiger partial charge >= 0.3 is 6.18 Å². The highest BCUT2D eigenvalue weighted by Crippen LogP contribution is 2.30. The molecule has 1 aromatic carbocycles. The summed E-state index contributed by atoms with van der Waals surface area (Å²) in [5.41, 5.74) is -0.697. The van der Waals surface area contributed by atoms with E-state index in [-0.39, 0.29) is 22.1 Å². The van der Waals surface area contributed by atoms with Crippen molar-refractivity contribution in [2.45, 2.75) is 11.3 Å². The van der Waals surface area contributed by atoms with E-state index in [0.717, 1.165) is 23.9 Å². The zero-order valence-electron chi connectivity index (χ0n) is 14.9. The number of aromatic amines is 1. The molecule has 3 aromatic heterocycles. The summed E-state index contributed by atoms with van der Waals surface area (Å²) in [6.07, 6.45) is -3.04. The van der Waals surface area contributed by atoms with E-state index in [2.05, 4.69) is 20.6 Å². The summed E-state index contributed by atoms with van der Waals surface area (Å²) in [6, 6.07) is 9.21. The van der Waals surface area contributed by atoms with Crippen LogP contribution in [0.1, 0.15) is 5.56 Å². The standard InChI is InChI=1S/C18H12F3N5O3S/c19-18(20,21)10-3-1-4-11(7-10)22-15(27)9-30-17-24-23-16(28)13-8-12(25-26(13)17)14-5-2-6-29-14/h1-8H,9H2,(H,22,27)(H,23,28). The first-order chi connectivity index (χ1) is 14.3. The van der Waals surface area contributed by atoms with E-state index in [9.17, 15) is 22.8 Å². The summed E-state index contributed by atoms with van der Waals surface area (Å²) in [5.74, 6) is -0.254. The highest BCUT2D eigenvalue weighted by atomic mass is 32.2. The molecule has 12 heteroatoms. The molecule has 1 amide bonds. The van der Waals surface area contributed by atoms with Crippen LogP contribution in [-0.2, 0) is 11.0 Å². The minimum atomic E-state index is -4.51. The van der Waals surface area contributed by atoms with Gasteiger partial charge in [0.05, 0.1) is 17.6 Å². The highest BCUT2D eigenvalue weighted by molar-refractivity contribution is 7.99. The lowest BCUT2D eigenvalue weighted by Gasteiger charge is -2.09. The van der Waals surface area contributed by atoms with E-state index < -0.39 is 23.2 Å². The van der Waals surface area contributed by atoms with Crippen molar-refractivity contribution in [1.29, 1.82) is 0 Å². The first-order valence-electron chi connectivity index (χ1n) is 8.43. The van der Waals surface area contributed by atoms with Gasteiger partial charge in [0.2, 0.25) is 11.1 Å². The Labute approximate surface area is 170 Å². The lowest BCUT2D eigenvalue weighted by Crippen LogP contribution is -2.17. The number of benzene rings is 1. The van der Waals surface area contributed by atoms with Crippen molar-refractivity contribution in [1.82, 2.24) is 19.8 Å². The first kappa shape index (κ1) is 19.8. The van der Waals surface area contributed by atoms with Crippen LogP contribution in [0.4, 0.5) is 18.9 Å². The number of halogens is 3. The molecule has 0 radical (unpaired) electrons. The number of hydrogen-bond donors (Lipinski definition) is 2. The maximum absolute atomic E-state index is 12.8. The minimum Gasteiger partial charge on any atom is -0.463 e. The molecule has 0 aliphatic rings. The maximum Gasteiger partial charge on any atom is 0.416 e. The summed E-state index contributed by atoms with van der Waals surface area (Å²) in [4.78, 5) is 24.2. The fourth-order valence-corrected chi connectivity index (χ4v) is 3.33. The number of nitrogens with one attached hydrogen (secondary N) is 2. The minimum absolute atomic E-state index is 0.0224. The third-order valence-electron chi connectivity index (χ3n) is 3.96. The molecule has 30 heavy (non-hydrogen) atoms. The van der Waals surface area contributed by atoms with Crippen molar-refractivity contribution in [2.75, 3.05) is 11.1 Å². The molecule has 2 N–H and O–H groups in total. The van der Waals surface area contributed by atoms with Crippen LogP contribution in [-0.4, -0.2) is 31.5 Å². The molecule has 0 aliphatic heterocycles. The van der Waals surface area contributed by atoms with Crippen molar-refractivity contribution in [3.63, 3.8) is 0 Å². The Morgan fingerprint density at radius 2 is 2.07 bits per heavy atom. The van der Waals surface area contributed by atoms with Gasteiger partial charge in [0.1, 0.15) is 11.2 Å². The van der Waals surface area contributed by atoms with Gasteiger partial charge < -0.3 is 9.73 Å². The number of aromatic nitrogens is 4. The van der Waals surface area contributed by atoms with E-state index in [1.165, 1.54) is 29.0 Å². The van der Waals surface area contributed by atoms with Crippen molar-refractivity contribution in [2.24, 2.45) is 0 Å². The zero-order valence-corrected chi connectivity index (χ0v) is 15.8. The predicted molar refractivity (Wildman–Crippen MR) is 102 cm³/mol. The average Bonchev–Trinajstić information content (AvgIpc) is 3.37. The van der Waals surface area contributed by atoms with Gasteiger partial charge in [-0.2, -0.15) is 18.3 Å². The van der Waals surface area contributed by atoms with Crippen LogP contribution in [0.2, 0.25) is 0 Å². The predicted octanol–water partition coefficient (Wildman–Crippen LogP) is 3.43. The molecule has 0 atom stereocenters. The Morgan fingerprint density at radius 1 is 1.23 bits per heavy atom. The first-order valence-corrected chi connectivity index (χ1v) is 9.42. The molecular weight excluding hydrogens is 423 g/mol. The van der Waals surface area contributed by atoms with Gasteiger partial charge in [-0.25, -0.2) is 9.61 Å². The van der Waals surface area contributed by atoms with Crippen LogP contribution in [0.25, 0.3) is 17.0 Å². The molecule has 0 aliphatic carbocycles. The van der Waals surface area contributed by atoms with Crippen LogP contribution >= 0.6 is 11.8 Å². The van der Waals surface area contributed by atoms with E-state index in [1.807, 2.05) is 0 Å². The van der Waals surface area contributed by atoms with Crippen LogP contribution in [0, 0.1) is 0 Å². The number of anilines is 1. The molecule has 8 nitrogen and oxygen atoms in total. The molecule has 0 saturated carbocycles. The second-order valence-electron chi connectivity index (χ2n) is 6.05. The Balaban J connectivity index is 1.50. The van der Waals surface area contributed by atoms with Gasteiger partial charge in [0.15, 0.2) is 5.76 Å². The highest BCUT2D eigenvalue weighted by Gasteiger charge is 2.30. The molecule has 3 heterocycles. The quantitative estimate of drug-likeness (QED) is 0.466. The van der Waals surface area contributed by atoms with E-state index in [1.54, 1.807) is 12.1 Å². The number of amides is 1. The molecular formula is C18H12F3N5O3S. The summed E-state index contributed by atoms with van der Waals surface area (Å²) in [6.45, 7) is 0. The largest absolute Gasteiger partial charge is 0.463 e. The zero-order chi connectivity index (χ0) is 21.3. The Kier molecular flexibility index (Phi) is 5.08. The number of nitrogens with zero attached hydrogens (tertiary/aromatic N) is 3. The molecule has 4 rings (SSSR count). The Morgan fingerprint density at radius 3 is 2.80 bits per heavy atom. The summed E-state index contributed by atoms with van der Waals surface area (Å²) >= 11 is 0.961. The summed E-state index contributed by atoms with van der Waals surface area (Å²) in [7, 11) is 0. The molecule has 0 unspecified atom stereocenters. The number of carbonyl (C=O) groups excluding carboxylic acids is 1. The number of hydrogen-bond acceptors (Lipinski definition) is 6. The lowest BCUT2D eigenvalue weighted by molar-refractivity contribution is -0.137. The maximum atomic E-state index is 12.8. The monoisotopic (exact) mass is 435 g/mol. The third kappa shape index (κ3) is 4.08. The summed E-state index contributed by atoms with van der Waals surface area (Å²) in [5, 5.41) is 13.1. The molecule has 0 bridgehead atoms. The number of furan rings is 1. The third-order valence-corrected chi connectivity index (χ3v) is 4.88. The van der Waals surface area contributed by atoms with Crippen molar-refractivity contribution in [3.05, 3.63) is 64.6 Å². The molecule has 4 aromatic rings. The average molecular weight is 435 g/mol. The van der Waals surface area contributed by atoms with Crippen LogP contribution in [0.3, 0.4) is 0 Å². The van der Waals surface area contributed by atoms with Gasteiger partial charge in [-0.15, -0.1) is 5.10 Å². The number of rotatable bonds is 5. The van der Waals surface area contributed by atoms with Gasteiger partial charge in [-0.05, 0) is 30.3 Å². The molecule has 0 saturated heterocycles. The normalized spacial score (nSPS) is 11.7. The van der Waals surface area contributed by atoms with Crippen molar-refractivity contribution >= 4 is 28.9 Å². The Bertz CT molecular complexity index is 1260. The number of carbonyl (C=O) groups is 1. The lowest BCUT2D eigenvalue weighted by atomic mass is 10.2. The summed E-state index contributed by atoms with van der Waals surface area (Å²) < 4.78 is 44.9. The van der Waals surface area contributed by atoms with Gasteiger partial charge in [0, 0.05) is 11.8 Å². The van der Waals surface area contributed by atoms with Gasteiger partial charge in [0.25, 0.3) is 5.56 Å². The molecule has 154 valence electrons. The van der Waals surface area contributed by atoms with E-state index in [0.29, 0.717) is 11.5 Å². The van der Waals surface area contributed by atoms with Crippen molar-refractivity contribution < 1.29 is 22.4 Å². The van der Waals surface area contributed by atoms with Crippen LogP contribution in [0.5, 0.6) is 0 Å². The van der Waals surface area contributed by atoms with Gasteiger partial charge in [-0.1, -0.05) is 17.8 Å².